The van der Waals surface area contributed by atoms with Gasteiger partial charge >= 0.3 is 0 Å². The second kappa shape index (κ2) is 12.2. The summed E-state index contributed by atoms with van der Waals surface area (Å²) in [6, 6.07) is 24.3. The zero-order valence-electron chi connectivity index (χ0n) is 25.6. The molecule has 2 fully saturated rings. The molecule has 236 valence electrons. The van der Waals surface area contributed by atoms with Gasteiger partial charge in [0.2, 0.25) is 17.7 Å². The molecule has 0 radical (unpaired) electrons. The summed E-state index contributed by atoms with van der Waals surface area (Å²) in [6.45, 7) is 3.02. The van der Waals surface area contributed by atoms with Gasteiger partial charge in [0.25, 0.3) is 0 Å². The Kier molecular flexibility index (Phi) is 7.96. The maximum Gasteiger partial charge on any atom is 0.249 e. The van der Waals surface area contributed by atoms with Crippen LogP contribution < -0.4 is 9.64 Å². The molecule has 9 nitrogen and oxygen atoms in total. The largest absolute Gasteiger partial charge is 0.494 e. The van der Waals surface area contributed by atoms with Gasteiger partial charge < -0.3 is 29.3 Å². The van der Waals surface area contributed by atoms with E-state index in [1.54, 1.807) is 9.80 Å². The normalized spacial score (nSPS) is 27.6. The van der Waals surface area contributed by atoms with E-state index < -0.39 is 42.2 Å². The molecule has 3 aromatic rings. The summed E-state index contributed by atoms with van der Waals surface area (Å²) in [5, 5.41) is 10.8. The summed E-state index contributed by atoms with van der Waals surface area (Å²) in [4.78, 5) is 48.9. The van der Waals surface area contributed by atoms with E-state index in [2.05, 4.69) is 0 Å². The van der Waals surface area contributed by atoms with E-state index >= 15 is 0 Å². The van der Waals surface area contributed by atoms with E-state index in [1.165, 1.54) is 4.90 Å². The number of anilines is 1. The first kappa shape index (κ1) is 30.0. The standard InChI is InChI=1S/C37H37N3O6/c1-2-45-28-18-16-27(17-19-28)39-22-9-15-30-31(34(39)42)32-35(43)40(29(24-41)26-13-7-4-8-14-26)33-36(44)38(21-10-20-37(32,33)46-30)23-25-11-5-3-6-12-25/h3-20,29-33,41H,2,21-24H2,1H3/t29-,30+,31-,32+,33?,37+/m1/s1. The lowest BCUT2D eigenvalue weighted by Gasteiger charge is -2.38. The van der Waals surface area contributed by atoms with E-state index in [4.69, 9.17) is 9.47 Å². The fourth-order valence-electron chi connectivity index (χ4n) is 7.56. The molecule has 2 saturated heterocycles. The number of benzene rings is 3. The van der Waals surface area contributed by atoms with Crippen LogP contribution in [0.25, 0.3) is 0 Å². The Morgan fingerprint density at radius 2 is 1.61 bits per heavy atom. The van der Waals surface area contributed by atoms with Crippen molar-refractivity contribution in [2.24, 2.45) is 11.8 Å². The lowest BCUT2D eigenvalue weighted by atomic mass is 9.77. The van der Waals surface area contributed by atoms with E-state index in [0.29, 0.717) is 43.2 Å². The van der Waals surface area contributed by atoms with Crippen LogP contribution in [0.3, 0.4) is 0 Å². The number of aliphatic hydroxyl groups excluding tert-OH is 1. The van der Waals surface area contributed by atoms with Crippen LogP contribution in [0.1, 0.15) is 24.1 Å². The van der Waals surface area contributed by atoms with E-state index in [0.717, 1.165) is 5.56 Å². The molecule has 0 aliphatic carbocycles. The first-order valence-corrected chi connectivity index (χ1v) is 15.8. The highest BCUT2D eigenvalue weighted by Crippen LogP contribution is 2.55. The van der Waals surface area contributed by atoms with Gasteiger partial charge in [0.1, 0.15) is 17.4 Å². The van der Waals surface area contributed by atoms with Crippen molar-refractivity contribution < 1.29 is 29.0 Å². The van der Waals surface area contributed by atoms with Gasteiger partial charge in [0, 0.05) is 25.3 Å². The lowest BCUT2D eigenvalue weighted by Crippen LogP contribution is -2.56. The second-order valence-electron chi connectivity index (χ2n) is 12.1. The van der Waals surface area contributed by atoms with Gasteiger partial charge in [-0.25, -0.2) is 0 Å². The monoisotopic (exact) mass is 619 g/mol. The number of carbonyl (C=O) groups is 3. The van der Waals surface area contributed by atoms with Gasteiger partial charge in [-0.3, -0.25) is 14.4 Å². The number of fused-ring (bicyclic) bond motifs is 2. The molecule has 3 amide bonds. The summed E-state index contributed by atoms with van der Waals surface area (Å²) in [5.74, 6) is -2.06. The summed E-state index contributed by atoms with van der Waals surface area (Å²) < 4.78 is 12.4. The SMILES string of the molecule is CCOc1ccc(N2CC=C[C@@H]3O[C@]45C=CCN(Cc6ccccc6)C(=O)C4N([C@H](CO)c4ccccc4)C(=O)[C@@H]5[C@@H]3C2=O)cc1. The predicted molar refractivity (Wildman–Crippen MR) is 172 cm³/mol. The highest BCUT2D eigenvalue weighted by molar-refractivity contribution is 6.04. The average molecular weight is 620 g/mol. The van der Waals surface area contributed by atoms with Crippen LogP contribution in [0.4, 0.5) is 5.69 Å². The van der Waals surface area contributed by atoms with Crippen LogP contribution in [0, 0.1) is 11.8 Å². The number of likely N-dealkylation sites (tertiary alicyclic amines) is 1. The van der Waals surface area contributed by atoms with Gasteiger partial charge in [-0.05, 0) is 42.3 Å². The molecule has 0 bridgehead atoms. The fraction of sp³-hybridized carbons (Fsp3) is 0.324. The van der Waals surface area contributed by atoms with Crippen molar-refractivity contribution in [3.63, 3.8) is 0 Å². The minimum absolute atomic E-state index is 0.249. The maximum atomic E-state index is 14.8. The third kappa shape index (κ3) is 4.91. The molecule has 1 spiro atoms. The number of hydrogen-bond donors (Lipinski definition) is 1. The molecule has 1 unspecified atom stereocenters. The van der Waals surface area contributed by atoms with Crippen LogP contribution in [0.15, 0.2) is 109 Å². The Hall–Kier alpha value is -4.73. The second-order valence-corrected chi connectivity index (χ2v) is 12.1. The molecule has 7 rings (SSSR count). The number of amides is 3. The number of hydrogen-bond acceptors (Lipinski definition) is 6. The average Bonchev–Trinajstić information content (AvgIpc) is 3.40. The third-order valence-electron chi connectivity index (χ3n) is 9.55. The quantitative estimate of drug-likeness (QED) is 0.384. The molecular formula is C37H37N3O6. The first-order chi connectivity index (χ1) is 22.5. The molecule has 0 aromatic heterocycles. The van der Waals surface area contributed by atoms with Crippen molar-refractivity contribution >= 4 is 23.4 Å². The van der Waals surface area contributed by atoms with Crippen LogP contribution in [0.5, 0.6) is 5.75 Å². The van der Waals surface area contributed by atoms with E-state index in [-0.39, 0.29) is 17.7 Å². The topological polar surface area (TPSA) is 99.6 Å². The minimum Gasteiger partial charge on any atom is -0.494 e. The van der Waals surface area contributed by atoms with Gasteiger partial charge in [0.15, 0.2) is 0 Å². The van der Waals surface area contributed by atoms with E-state index in [1.807, 2.05) is 116 Å². The van der Waals surface area contributed by atoms with Crippen LogP contribution >= 0.6 is 0 Å². The van der Waals surface area contributed by atoms with Gasteiger partial charge in [0.05, 0.1) is 37.2 Å². The summed E-state index contributed by atoms with van der Waals surface area (Å²) in [6.07, 6.45) is 6.74. The number of aliphatic hydroxyl groups is 1. The number of ether oxygens (including phenoxy) is 2. The summed E-state index contributed by atoms with van der Waals surface area (Å²) in [5.41, 5.74) is 0.927. The Labute approximate surface area is 268 Å². The predicted octanol–water partition coefficient (Wildman–Crippen LogP) is 3.90. The zero-order valence-corrected chi connectivity index (χ0v) is 25.6. The molecule has 3 aromatic carbocycles. The molecule has 0 saturated carbocycles. The molecule has 4 aliphatic rings. The van der Waals surface area contributed by atoms with Crippen molar-refractivity contribution in [1.29, 1.82) is 0 Å². The first-order valence-electron chi connectivity index (χ1n) is 15.8. The van der Waals surface area contributed by atoms with Crippen molar-refractivity contribution in [1.82, 2.24) is 9.80 Å². The fourth-order valence-corrected chi connectivity index (χ4v) is 7.56. The summed E-state index contributed by atoms with van der Waals surface area (Å²) >= 11 is 0. The van der Waals surface area contributed by atoms with Gasteiger partial charge in [-0.1, -0.05) is 85.0 Å². The highest BCUT2D eigenvalue weighted by Gasteiger charge is 2.72. The van der Waals surface area contributed by atoms with Crippen LogP contribution in [-0.4, -0.2) is 76.7 Å². The Balaban J connectivity index is 1.31. The van der Waals surface area contributed by atoms with Crippen LogP contribution in [-0.2, 0) is 25.7 Å². The number of nitrogens with zero attached hydrogens (tertiary/aromatic N) is 3. The molecule has 6 atom stereocenters. The molecule has 1 N–H and O–H groups in total. The molecule has 9 heteroatoms. The third-order valence-corrected chi connectivity index (χ3v) is 9.55. The molecule has 4 heterocycles. The van der Waals surface area contributed by atoms with Crippen LogP contribution in [0.2, 0.25) is 0 Å². The minimum atomic E-state index is -1.40. The number of carbonyl (C=O) groups excluding carboxylic acids is 3. The maximum absolute atomic E-state index is 14.8. The molecule has 46 heavy (non-hydrogen) atoms. The number of rotatable bonds is 8. The van der Waals surface area contributed by atoms with Crippen molar-refractivity contribution in [2.75, 3.05) is 31.2 Å². The Morgan fingerprint density at radius 1 is 0.891 bits per heavy atom. The Morgan fingerprint density at radius 3 is 2.30 bits per heavy atom. The van der Waals surface area contributed by atoms with Crippen molar-refractivity contribution in [3.05, 3.63) is 120 Å². The molecular weight excluding hydrogens is 582 g/mol. The van der Waals surface area contributed by atoms with Crippen molar-refractivity contribution in [2.45, 2.75) is 37.3 Å². The molecule has 4 aliphatic heterocycles. The zero-order chi connectivity index (χ0) is 31.8. The lowest BCUT2D eigenvalue weighted by molar-refractivity contribution is -0.150. The summed E-state index contributed by atoms with van der Waals surface area (Å²) in [7, 11) is 0. The van der Waals surface area contributed by atoms with E-state index in [9.17, 15) is 19.5 Å². The van der Waals surface area contributed by atoms with Gasteiger partial charge in [-0.2, -0.15) is 0 Å². The smallest absolute Gasteiger partial charge is 0.249 e. The Bertz CT molecular complexity index is 1660. The highest BCUT2D eigenvalue weighted by atomic mass is 16.5. The van der Waals surface area contributed by atoms with Crippen molar-refractivity contribution in [3.8, 4) is 5.75 Å². The van der Waals surface area contributed by atoms with Gasteiger partial charge in [-0.15, -0.1) is 0 Å².